The van der Waals surface area contributed by atoms with E-state index in [-0.39, 0.29) is 5.02 Å². The average Bonchev–Trinajstić information content (AvgIpc) is 2.69. The van der Waals surface area contributed by atoms with Crippen LogP contribution in [0.1, 0.15) is 4.88 Å². The number of aromatic nitrogens is 1. The van der Waals surface area contributed by atoms with Crippen molar-refractivity contribution in [1.82, 2.24) is 4.98 Å². The topological polar surface area (TPSA) is 24.9 Å². The predicted octanol–water partition coefficient (Wildman–Crippen LogP) is 4.34. The van der Waals surface area contributed by atoms with Crippen LogP contribution in [0.4, 0.5) is 14.5 Å². The molecule has 0 unspecified atom stereocenters. The molecule has 2 aromatic rings. The molecule has 17 heavy (non-hydrogen) atoms. The summed E-state index contributed by atoms with van der Waals surface area (Å²) >= 11 is 12.5. The van der Waals surface area contributed by atoms with Gasteiger partial charge in [0.05, 0.1) is 11.6 Å². The van der Waals surface area contributed by atoms with Crippen molar-refractivity contribution in [3.05, 3.63) is 44.3 Å². The zero-order chi connectivity index (χ0) is 12.4. The zero-order valence-corrected chi connectivity index (χ0v) is 10.6. The second-order valence-corrected chi connectivity index (χ2v) is 5.29. The second kappa shape index (κ2) is 5.16. The van der Waals surface area contributed by atoms with E-state index in [9.17, 15) is 8.78 Å². The Morgan fingerprint density at radius 2 is 2.06 bits per heavy atom. The van der Waals surface area contributed by atoms with E-state index in [1.54, 1.807) is 6.20 Å². The molecule has 1 heterocycles. The lowest BCUT2D eigenvalue weighted by Gasteiger charge is -2.06. The smallest absolute Gasteiger partial charge is 0.183 e. The summed E-state index contributed by atoms with van der Waals surface area (Å²) in [6.45, 7) is 0.422. The minimum Gasteiger partial charge on any atom is -0.380 e. The van der Waals surface area contributed by atoms with Crippen molar-refractivity contribution in [3.8, 4) is 0 Å². The maximum atomic E-state index is 13.0. The molecule has 0 fully saturated rings. The molecule has 1 N–H and O–H groups in total. The fourth-order valence-electron chi connectivity index (χ4n) is 1.21. The van der Waals surface area contributed by atoms with Gasteiger partial charge in [0, 0.05) is 22.8 Å². The van der Waals surface area contributed by atoms with Gasteiger partial charge in [0.1, 0.15) is 0 Å². The first-order valence-corrected chi connectivity index (χ1v) is 6.12. The highest BCUT2D eigenvalue weighted by Gasteiger charge is 2.09. The van der Waals surface area contributed by atoms with Crippen molar-refractivity contribution in [3.63, 3.8) is 0 Å². The number of benzene rings is 1. The van der Waals surface area contributed by atoms with Crippen LogP contribution >= 0.6 is 34.5 Å². The van der Waals surface area contributed by atoms with E-state index in [0.29, 0.717) is 16.7 Å². The summed E-state index contributed by atoms with van der Waals surface area (Å²) in [4.78, 5) is 4.75. The highest BCUT2D eigenvalue weighted by Crippen LogP contribution is 2.24. The van der Waals surface area contributed by atoms with Gasteiger partial charge in [-0.2, -0.15) is 0 Å². The molecule has 2 nitrogen and oxygen atoms in total. The lowest BCUT2D eigenvalue weighted by molar-refractivity contribution is 0.509. The summed E-state index contributed by atoms with van der Waals surface area (Å²) in [5.74, 6) is -2.03. The molecule has 2 rings (SSSR count). The summed E-state index contributed by atoms with van der Waals surface area (Å²) in [6.07, 6.45) is 1.61. The van der Waals surface area contributed by atoms with E-state index >= 15 is 0 Å². The first-order valence-electron chi connectivity index (χ1n) is 4.55. The number of hydrogen-bond donors (Lipinski definition) is 1. The van der Waals surface area contributed by atoms with Crippen LogP contribution in [-0.2, 0) is 6.54 Å². The first-order chi connectivity index (χ1) is 8.06. The molecule has 0 aliphatic rings. The van der Waals surface area contributed by atoms with E-state index in [2.05, 4.69) is 10.3 Å². The fraction of sp³-hybridized carbons (Fsp3) is 0.100. The number of nitrogens with zero attached hydrogens (tertiary/aromatic N) is 1. The van der Waals surface area contributed by atoms with E-state index < -0.39 is 11.6 Å². The monoisotopic (exact) mass is 294 g/mol. The number of halogens is 4. The van der Waals surface area contributed by atoms with Crippen molar-refractivity contribution < 1.29 is 8.78 Å². The van der Waals surface area contributed by atoms with Crippen LogP contribution in [0.15, 0.2) is 18.3 Å². The maximum absolute atomic E-state index is 13.0. The number of nitrogens with one attached hydrogen (secondary N) is 1. The van der Waals surface area contributed by atoms with Crippen molar-refractivity contribution in [2.75, 3.05) is 5.32 Å². The Balaban J connectivity index is 2.09. The predicted molar refractivity (Wildman–Crippen MR) is 65.8 cm³/mol. The van der Waals surface area contributed by atoms with E-state index in [0.717, 1.165) is 10.9 Å². The Morgan fingerprint density at radius 3 is 2.65 bits per heavy atom. The fourth-order valence-corrected chi connectivity index (χ4v) is 2.34. The van der Waals surface area contributed by atoms with Crippen molar-refractivity contribution in [2.24, 2.45) is 0 Å². The standard InChI is InChI=1S/C10H6Cl2F2N2S/c11-7-1-5(2-8(13)9(7)14)15-3-6-4-16-10(12)17-6/h1-2,4,15H,3H2. The Hall–Kier alpha value is -0.910. The normalized spacial score (nSPS) is 10.6. The molecule has 7 heteroatoms. The van der Waals surface area contributed by atoms with Crippen LogP contribution in [0.3, 0.4) is 0 Å². The van der Waals surface area contributed by atoms with Crippen molar-refractivity contribution >= 4 is 40.2 Å². The van der Waals surface area contributed by atoms with Crippen LogP contribution in [0.2, 0.25) is 9.49 Å². The van der Waals surface area contributed by atoms with Crippen LogP contribution in [0.25, 0.3) is 0 Å². The molecule has 1 aromatic carbocycles. The molecule has 0 saturated heterocycles. The molecule has 0 amide bonds. The quantitative estimate of drug-likeness (QED) is 0.852. The molecule has 0 bridgehead atoms. The van der Waals surface area contributed by atoms with Crippen LogP contribution < -0.4 is 5.32 Å². The molecular formula is C10H6Cl2F2N2S. The number of anilines is 1. The number of thiazole rings is 1. The Morgan fingerprint density at radius 1 is 1.29 bits per heavy atom. The Kier molecular flexibility index (Phi) is 3.81. The number of rotatable bonds is 3. The molecule has 0 spiro atoms. The second-order valence-electron chi connectivity index (χ2n) is 3.19. The van der Waals surface area contributed by atoms with Gasteiger partial charge in [-0.15, -0.1) is 11.3 Å². The lowest BCUT2D eigenvalue weighted by Crippen LogP contribution is -1.99. The lowest BCUT2D eigenvalue weighted by atomic mass is 10.3. The third kappa shape index (κ3) is 3.06. The molecule has 0 aliphatic heterocycles. The van der Waals surface area contributed by atoms with Crippen molar-refractivity contribution in [2.45, 2.75) is 6.54 Å². The summed E-state index contributed by atoms with van der Waals surface area (Å²) in [5.41, 5.74) is 0.401. The molecule has 0 atom stereocenters. The summed E-state index contributed by atoms with van der Waals surface area (Å²) < 4.78 is 26.4. The molecule has 0 saturated carbocycles. The van der Waals surface area contributed by atoms with Gasteiger partial charge in [0.2, 0.25) is 0 Å². The third-order valence-electron chi connectivity index (χ3n) is 1.98. The van der Waals surface area contributed by atoms with E-state index in [1.165, 1.54) is 17.4 Å². The zero-order valence-electron chi connectivity index (χ0n) is 8.31. The minimum atomic E-state index is -1.04. The Labute approximate surface area is 110 Å². The SMILES string of the molecule is Fc1cc(NCc2cnc(Cl)s2)cc(Cl)c1F. The Bertz CT molecular complexity index is 522. The molecule has 0 radical (unpaired) electrons. The maximum Gasteiger partial charge on any atom is 0.183 e. The third-order valence-corrected chi connectivity index (χ3v) is 3.37. The van der Waals surface area contributed by atoms with Gasteiger partial charge in [0.25, 0.3) is 0 Å². The van der Waals surface area contributed by atoms with Crippen LogP contribution in [-0.4, -0.2) is 4.98 Å². The van der Waals surface area contributed by atoms with E-state index in [4.69, 9.17) is 23.2 Å². The summed E-state index contributed by atoms with van der Waals surface area (Å²) in [7, 11) is 0. The largest absolute Gasteiger partial charge is 0.380 e. The summed E-state index contributed by atoms with van der Waals surface area (Å²) in [5, 5.41) is 2.65. The highest BCUT2D eigenvalue weighted by molar-refractivity contribution is 7.15. The van der Waals surface area contributed by atoms with Gasteiger partial charge >= 0.3 is 0 Å². The van der Waals surface area contributed by atoms with Gasteiger partial charge in [-0.3, -0.25) is 0 Å². The molecule has 90 valence electrons. The molecule has 0 aliphatic carbocycles. The van der Waals surface area contributed by atoms with Crippen LogP contribution in [0.5, 0.6) is 0 Å². The van der Waals surface area contributed by atoms with E-state index in [1.807, 2.05) is 0 Å². The molecule has 1 aromatic heterocycles. The van der Waals surface area contributed by atoms with Crippen LogP contribution in [0, 0.1) is 11.6 Å². The van der Waals surface area contributed by atoms with Gasteiger partial charge < -0.3 is 5.32 Å². The molecular weight excluding hydrogens is 289 g/mol. The van der Waals surface area contributed by atoms with Gasteiger partial charge in [-0.05, 0) is 6.07 Å². The highest BCUT2D eigenvalue weighted by atomic mass is 35.5. The average molecular weight is 295 g/mol. The van der Waals surface area contributed by atoms with Gasteiger partial charge in [-0.1, -0.05) is 23.2 Å². The summed E-state index contributed by atoms with van der Waals surface area (Å²) in [6, 6.07) is 2.37. The van der Waals surface area contributed by atoms with Gasteiger partial charge in [0.15, 0.2) is 16.1 Å². The van der Waals surface area contributed by atoms with Crippen molar-refractivity contribution in [1.29, 1.82) is 0 Å². The van der Waals surface area contributed by atoms with Gasteiger partial charge in [-0.25, -0.2) is 13.8 Å². The first kappa shape index (κ1) is 12.5. The minimum absolute atomic E-state index is 0.255. The number of hydrogen-bond acceptors (Lipinski definition) is 3.